The van der Waals surface area contributed by atoms with Crippen LogP contribution in [0, 0.1) is 5.41 Å². The third-order valence-corrected chi connectivity index (χ3v) is 3.38. The van der Waals surface area contributed by atoms with Gasteiger partial charge in [0.2, 0.25) is 0 Å². The Bertz CT molecular complexity index is 612. The largest absolute Gasteiger partial charge is 0.380 e. The van der Waals surface area contributed by atoms with E-state index < -0.39 is 0 Å². The zero-order valence-electron chi connectivity index (χ0n) is 12.9. The van der Waals surface area contributed by atoms with Crippen molar-refractivity contribution < 1.29 is 0 Å². The normalized spacial score (nSPS) is 12.7. The number of hydrogen-bond donors (Lipinski definition) is 1. The van der Waals surface area contributed by atoms with Crippen LogP contribution in [-0.2, 0) is 0 Å². The van der Waals surface area contributed by atoms with Crippen LogP contribution in [0.3, 0.4) is 0 Å². The van der Waals surface area contributed by atoms with Crippen LogP contribution in [0.4, 0.5) is 5.69 Å². The lowest BCUT2D eigenvalue weighted by Crippen LogP contribution is -2.35. The summed E-state index contributed by atoms with van der Waals surface area (Å²) in [6.45, 7) is 11.2. The minimum atomic E-state index is 0.00878. The molecule has 0 radical (unpaired) electrons. The topological polar surface area (TPSA) is 24.9 Å². The van der Waals surface area contributed by atoms with E-state index in [1.807, 2.05) is 30.5 Å². The fraction of sp³-hybridized carbons (Fsp3) is 0.471. The standard InChI is InChI=1S/C17H23ClN2/c1-16(2,3)11-17(4,5)20-15-8-9-19-14-7-6-12(18)10-13(14)15/h6-10H,11H2,1-5H3,(H,19,20). The molecule has 1 aromatic carbocycles. The Hall–Kier alpha value is -1.28. The van der Waals surface area contributed by atoms with E-state index in [2.05, 4.69) is 44.9 Å². The van der Waals surface area contributed by atoms with Gasteiger partial charge in [0.1, 0.15) is 0 Å². The van der Waals surface area contributed by atoms with Crippen LogP contribution in [-0.4, -0.2) is 10.5 Å². The Kier molecular flexibility index (Phi) is 3.97. The molecule has 0 saturated heterocycles. The molecule has 0 bridgehead atoms. The van der Waals surface area contributed by atoms with E-state index in [-0.39, 0.29) is 11.0 Å². The van der Waals surface area contributed by atoms with Gasteiger partial charge in [-0.25, -0.2) is 0 Å². The molecule has 0 spiro atoms. The third-order valence-electron chi connectivity index (χ3n) is 3.15. The summed E-state index contributed by atoms with van der Waals surface area (Å²) in [6.07, 6.45) is 2.91. The Labute approximate surface area is 126 Å². The minimum absolute atomic E-state index is 0.00878. The van der Waals surface area contributed by atoms with Gasteiger partial charge < -0.3 is 5.32 Å². The summed E-state index contributed by atoms with van der Waals surface area (Å²) in [7, 11) is 0. The second-order valence-corrected chi connectivity index (χ2v) is 7.70. The second-order valence-electron chi connectivity index (χ2n) is 7.27. The monoisotopic (exact) mass is 290 g/mol. The molecule has 0 aliphatic heterocycles. The van der Waals surface area contributed by atoms with Gasteiger partial charge in [0.05, 0.1) is 5.52 Å². The van der Waals surface area contributed by atoms with Gasteiger partial charge in [0, 0.05) is 27.8 Å². The van der Waals surface area contributed by atoms with Gasteiger partial charge in [0.15, 0.2) is 0 Å². The molecule has 1 N–H and O–H groups in total. The van der Waals surface area contributed by atoms with Crippen LogP contribution in [0.25, 0.3) is 10.9 Å². The second kappa shape index (κ2) is 5.25. The SMILES string of the molecule is CC(C)(C)CC(C)(C)Nc1ccnc2ccc(Cl)cc12. The number of benzene rings is 1. The molecule has 0 atom stereocenters. The molecule has 2 nitrogen and oxygen atoms in total. The fourth-order valence-electron chi connectivity index (χ4n) is 2.96. The van der Waals surface area contributed by atoms with Crippen molar-refractivity contribution in [3.8, 4) is 0 Å². The molecule has 2 rings (SSSR count). The highest BCUT2D eigenvalue weighted by Crippen LogP contribution is 2.32. The van der Waals surface area contributed by atoms with Gasteiger partial charge in [-0.15, -0.1) is 0 Å². The Morgan fingerprint density at radius 1 is 1.10 bits per heavy atom. The van der Waals surface area contributed by atoms with Gasteiger partial charge >= 0.3 is 0 Å². The molecule has 0 aliphatic rings. The molecule has 108 valence electrons. The first-order valence-electron chi connectivity index (χ1n) is 6.99. The highest BCUT2D eigenvalue weighted by molar-refractivity contribution is 6.31. The summed E-state index contributed by atoms with van der Waals surface area (Å²) >= 11 is 6.11. The molecule has 2 aromatic rings. The number of nitrogens with one attached hydrogen (secondary N) is 1. The van der Waals surface area contributed by atoms with Crippen LogP contribution in [0.1, 0.15) is 41.0 Å². The van der Waals surface area contributed by atoms with Crippen molar-refractivity contribution in [3.63, 3.8) is 0 Å². The van der Waals surface area contributed by atoms with Crippen LogP contribution >= 0.6 is 11.6 Å². The predicted molar refractivity (Wildman–Crippen MR) is 88.5 cm³/mol. The van der Waals surface area contributed by atoms with Crippen molar-refractivity contribution in [1.29, 1.82) is 0 Å². The lowest BCUT2D eigenvalue weighted by molar-refractivity contribution is 0.302. The summed E-state index contributed by atoms with van der Waals surface area (Å²) < 4.78 is 0. The summed E-state index contributed by atoms with van der Waals surface area (Å²) in [5.41, 5.74) is 2.34. The average molecular weight is 291 g/mol. The van der Waals surface area contributed by atoms with E-state index in [1.165, 1.54) is 0 Å². The number of aromatic nitrogens is 1. The average Bonchev–Trinajstić information content (AvgIpc) is 2.26. The maximum atomic E-state index is 6.11. The van der Waals surface area contributed by atoms with Gasteiger partial charge in [-0.2, -0.15) is 0 Å². The predicted octanol–water partition coefficient (Wildman–Crippen LogP) is 5.51. The number of hydrogen-bond acceptors (Lipinski definition) is 2. The van der Waals surface area contributed by atoms with Gasteiger partial charge in [-0.1, -0.05) is 32.4 Å². The van der Waals surface area contributed by atoms with Crippen molar-refractivity contribution in [1.82, 2.24) is 4.98 Å². The fourth-order valence-corrected chi connectivity index (χ4v) is 3.13. The summed E-state index contributed by atoms with van der Waals surface area (Å²) in [6, 6.07) is 7.82. The molecular weight excluding hydrogens is 268 g/mol. The number of nitrogens with zero attached hydrogens (tertiary/aromatic N) is 1. The lowest BCUT2D eigenvalue weighted by Gasteiger charge is -2.34. The van der Waals surface area contributed by atoms with E-state index in [0.29, 0.717) is 0 Å². The van der Waals surface area contributed by atoms with E-state index >= 15 is 0 Å². The van der Waals surface area contributed by atoms with Gasteiger partial charge in [-0.3, -0.25) is 4.98 Å². The number of rotatable bonds is 3. The molecule has 3 heteroatoms. The van der Waals surface area contributed by atoms with E-state index in [4.69, 9.17) is 11.6 Å². The van der Waals surface area contributed by atoms with E-state index in [9.17, 15) is 0 Å². The van der Waals surface area contributed by atoms with Crippen molar-refractivity contribution in [2.45, 2.75) is 46.6 Å². The van der Waals surface area contributed by atoms with Crippen molar-refractivity contribution in [2.24, 2.45) is 5.41 Å². The molecule has 0 unspecified atom stereocenters. The summed E-state index contributed by atoms with van der Waals surface area (Å²) in [4.78, 5) is 4.39. The Balaban J connectivity index is 2.36. The van der Waals surface area contributed by atoms with Gasteiger partial charge in [-0.05, 0) is 49.9 Å². The third kappa shape index (κ3) is 3.86. The first-order valence-corrected chi connectivity index (χ1v) is 7.37. The van der Waals surface area contributed by atoms with Crippen LogP contribution < -0.4 is 5.32 Å². The minimum Gasteiger partial charge on any atom is -0.380 e. The van der Waals surface area contributed by atoms with Crippen LogP contribution in [0.5, 0.6) is 0 Å². The zero-order chi connectivity index (χ0) is 15.0. The summed E-state index contributed by atoms with van der Waals surface area (Å²) in [5, 5.41) is 5.46. The first kappa shape index (κ1) is 15.1. The molecule has 1 aromatic heterocycles. The van der Waals surface area contributed by atoms with Crippen molar-refractivity contribution in [3.05, 3.63) is 35.5 Å². The molecule has 0 aliphatic carbocycles. The Morgan fingerprint density at radius 3 is 2.45 bits per heavy atom. The van der Waals surface area contributed by atoms with Crippen molar-refractivity contribution in [2.75, 3.05) is 5.32 Å². The quantitative estimate of drug-likeness (QED) is 0.805. The molecule has 0 fully saturated rings. The molecule has 20 heavy (non-hydrogen) atoms. The van der Waals surface area contributed by atoms with Gasteiger partial charge in [0.25, 0.3) is 0 Å². The number of fused-ring (bicyclic) bond motifs is 1. The maximum absolute atomic E-state index is 6.11. The molecular formula is C17H23ClN2. The Morgan fingerprint density at radius 2 is 1.80 bits per heavy atom. The first-order chi connectivity index (χ1) is 9.16. The molecule has 1 heterocycles. The highest BCUT2D eigenvalue weighted by Gasteiger charge is 2.25. The van der Waals surface area contributed by atoms with E-state index in [0.717, 1.165) is 28.0 Å². The molecule has 0 amide bonds. The van der Waals surface area contributed by atoms with Crippen LogP contribution in [0.2, 0.25) is 5.02 Å². The van der Waals surface area contributed by atoms with Crippen molar-refractivity contribution >= 4 is 28.2 Å². The summed E-state index contributed by atoms with van der Waals surface area (Å²) in [5.74, 6) is 0. The number of halogens is 1. The lowest BCUT2D eigenvalue weighted by atomic mass is 9.81. The molecule has 0 saturated carbocycles. The number of anilines is 1. The maximum Gasteiger partial charge on any atom is 0.0723 e. The van der Waals surface area contributed by atoms with Crippen LogP contribution in [0.15, 0.2) is 30.5 Å². The highest BCUT2D eigenvalue weighted by atomic mass is 35.5. The smallest absolute Gasteiger partial charge is 0.0723 e. The zero-order valence-corrected chi connectivity index (χ0v) is 13.7. The number of pyridine rings is 1. The van der Waals surface area contributed by atoms with E-state index in [1.54, 1.807) is 0 Å².